The molecule has 9 nitrogen and oxygen atoms in total. The number of aromatic nitrogens is 4. The Morgan fingerprint density at radius 1 is 1.25 bits per heavy atom. The topological polar surface area (TPSA) is 111 Å². The van der Waals surface area contributed by atoms with Gasteiger partial charge in [-0.1, -0.05) is 11.6 Å². The smallest absolute Gasteiger partial charge is 0.256 e. The van der Waals surface area contributed by atoms with Crippen LogP contribution in [-0.4, -0.2) is 51.7 Å². The van der Waals surface area contributed by atoms with Crippen molar-refractivity contribution in [2.45, 2.75) is 63.6 Å². The maximum Gasteiger partial charge on any atom is 0.256 e. The number of carbonyl (C=O) groups excluding carboxylic acids is 1. The molecule has 2 fully saturated rings. The van der Waals surface area contributed by atoms with E-state index in [1.54, 1.807) is 17.1 Å². The van der Waals surface area contributed by atoms with E-state index in [-0.39, 0.29) is 23.4 Å². The molecule has 2 bridgehead atoms. The van der Waals surface area contributed by atoms with Crippen LogP contribution in [0.4, 0.5) is 0 Å². The second-order valence-corrected chi connectivity index (χ2v) is 12.3. The molecule has 1 amide bonds. The van der Waals surface area contributed by atoms with Gasteiger partial charge in [0.15, 0.2) is 5.82 Å². The first-order valence-corrected chi connectivity index (χ1v) is 12.9. The summed E-state index contributed by atoms with van der Waals surface area (Å²) >= 11 is 0. The predicted octanol–water partition coefficient (Wildman–Crippen LogP) is 1.97. The number of amides is 1. The maximum absolute atomic E-state index is 13.4. The Hall–Kier alpha value is -2.46. The fraction of sp³-hybridized carbons (Fsp3) is 0.591. The Morgan fingerprint density at radius 3 is 2.69 bits per heavy atom. The van der Waals surface area contributed by atoms with Crippen LogP contribution in [0.5, 0.6) is 0 Å². The molecule has 0 aliphatic heterocycles. The van der Waals surface area contributed by atoms with E-state index in [0.717, 1.165) is 25.7 Å². The summed E-state index contributed by atoms with van der Waals surface area (Å²) in [6.07, 6.45) is 11.6. The number of hydrogen-bond donors (Lipinski definition) is 2. The molecule has 0 aromatic carbocycles. The molecule has 4 unspecified atom stereocenters. The fourth-order valence-electron chi connectivity index (χ4n) is 5.89. The van der Waals surface area contributed by atoms with Crippen molar-refractivity contribution in [3.63, 3.8) is 0 Å². The van der Waals surface area contributed by atoms with Crippen LogP contribution in [0.3, 0.4) is 0 Å². The number of sulfonamides is 1. The molecular formula is C22H30N6O3S. The number of nitrogens with zero attached hydrogens (tertiary/aromatic N) is 4. The van der Waals surface area contributed by atoms with Gasteiger partial charge < -0.3 is 5.32 Å². The molecule has 2 heterocycles. The maximum atomic E-state index is 13.4. The second-order valence-electron chi connectivity index (χ2n) is 10.5. The van der Waals surface area contributed by atoms with E-state index in [1.165, 1.54) is 11.8 Å². The molecule has 10 heteroatoms. The van der Waals surface area contributed by atoms with Crippen LogP contribution in [-0.2, 0) is 15.6 Å². The molecule has 5 rings (SSSR count). The monoisotopic (exact) mass is 458 g/mol. The average Bonchev–Trinajstić information content (AvgIpc) is 3.41. The van der Waals surface area contributed by atoms with Gasteiger partial charge in [-0.2, -0.15) is 10.2 Å². The molecule has 0 spiro atoms. The second kappa shape index (κ2) is 7.02. The highest BCUT2D eigenvalue weighted by atomic mass is 32.2. The van der Waals surface area contributed by atoms with Gasteiger partial charge in [0.05, 0.1) is 18.0 Å². The highest BCUT2D eigenvalue weighted by Crippen LogP contribution is 2.56. The SMILES string of the molecule is CC(C)(C)n1ncc(C(=O)NC2CC3=CCC4(NS(C)(=O)=O)CC3C2C4)c1-n1cccn1. The summed E-state index contributed by atoms with van der Waals surface area (Å²) in [7, 11) is -3.30. The minimum atomic E-state index is -3.30. The molecule has 0 saturated heterocycles. The van der Waals surface area contributed by atoms with Crippen LogP contribution in [0.2, 0.25) is 0 Å². The molecule has 2 saturated carbocycles. The first-order chi connectivity index (χ1) is 15.0. The molecule has 2 aromatic rings. The van der Waals surface area contributed by atoms with Gasteiger partial charge in [-0.25, -0.2) is 22.5 Å². The first-order valence-electron chi connectivity index (χ1n) is 11.0. The van der Waals surface area contributed by atoms with Crippen LogP contribution in [0.15, 0.2) is 36.3 Å². The van der Waals surface area contributed by atoms with Crippen LogP contribution in [0, 0.1) is 11.8 Å². The van der Waals surface area contributed by atoms with Crippen molar-refractivity contribution in [3.05, 3.63) is 41.9 Å². The lowest BCUT2D eigenvalue weighted by Crippen LogP contribution is -2.48. The van der Waals surface area contributed by atoms with Gasteiger partial charge in [0.2, 0.25) is 10.0 Å². The largest absolute Gasteiger partial charge is 0.349 e. The lowest BCUT2D eigenvalue weighted by Gasteiger charge is -2.33. The van der Waals surface area contributed by atoms with Gasteiger partial charge in [0.1, 0.15) is 5.56 Å². The number of fused-ring (bicyclic) bond motifs is 1. The summed E-state index contributed by atoms with van der Waals surface area (Å²) in [6, 6.07) is 1.80. The zero-order chi connectivity index (χ0) is 22.9. The summed E-state index contributed by atoms with van der Waals surface area (Å²) in [5, 5.41) is 12.1. The van der Waals surface area contributed by atoms with Crippen molar-refractivity contribution in [1.82, 2.24) is 29.6 Å². The van der Waals surface area contributed by atoms with Gasteiger partial charge in [0, 0.05) is 24.0 Å². The molecule has 4 atom stereocenters. The fourth-order valence-corrected chi connectivity index (χ4v) is 6.93. The van der Waals surface area contributed by atoms with Crippen molar-refractivity contribution in [2.24, 2.45) is 11.8 Å². The zero-order valence-electron chi connectivity index (χ0n) is 18.9. The predicted molar refractivity (Wildman–Crippen MR) is 120 cm³/mol. The summed E-state index contributed by atoms with van der Waals surface area (Å²) in [5.74, 6) is 1.01. The van der Waals surface area contributed by atoms with Gasteiger partial charge in [0.25, 0.3) is 5.91 Å². The molecule has 2 N–H and O–H groups in total. The van der Waals surface area contributed by atoms with Crippen molar-refractivity contribution < 1.29 is 13.2 Å². The number of carbonyl (C=O) groups is 1. The van der Waals surface area contributed by atoms with Crippen LogP contribution in [0.1, 0.15) is 56.8 Å². The molecule has 3 aliphatic rings. The molecule has 3 aliphatic carbocycles. The number of nitrogens with one attached hydrogen (secondary N) is 2. The summed E-state index contributed by atoms with van der Waals surface area (Å²) in [4.78, 5) is 13.4. The lowest BCUT2D eigenvalue weighted by atomic mass is 9.84. The van der Waals surface area contributed by atoms with Crippen LogP contribution < -0.4 is 10.0 Å². The standard InChI is InChI=1S/C22H30N6O3S/c1-21(2,3)28-20(27-9-5-8-23-27)17(13-24-28)19(29)25-18-10-14-6-7-22(26-32(4,30)31)11-15(14)16(18)12-22/h5-6,8-9,13,15-16,18,26H,7,10-12H2,1-4H3,(H,25,29). The Labute approximate surface area is 188 Å². The Balaban J connectivity index is 1.41. The van der Waals surface area contributed by atoms with Gasteiger partial charge >= 0.3 is 0 Å². The van der Waals surface area contributed by atoms with Crippen LogP contribution >= 0.6 is 0 Å². The third-order valence-corrected chi connectivity index (χ3v) is 7.83. The van der Waals surface area contributed by atoms with Crippen molar-refractivity contribution in [2.75, 3.05) is 6.26 Å². The van der Waals surface area contributed by atoms with E-state index in [9.17, 15) is 13.2 Å². The first kappa shape index (κ1) is 21.4. The third-order valence-electron chi connectivity index (χ3n) is 7.02. The molecule has 2 aromatic heterocycles. The minimum Gasteiger partial charge on any atom is -0.349 e. The van der Waals surface area contributed by atoms with Crippen molar-refractivity contribution in [3.8, 4) is 5.82 Å². The normalized spacial score (nSPS) is 29.2. The Morgan fingerprint density at radius 2 is 2.03 bits per heavy atom. The molecule has 32 heavy (non-hydrogen) atoms. The van der Waals surface area contributed by atoms with E-state index in [4.69, 9.17) is 0 Å². The summed E-state index contributed by atoms with van der Waals surface area (Å²) in [5.41, 5.74) is 1.08. The van der Waals surface area contributed by atoms with Crippen LogP contribution in [0.25, 0.3) is 5.82 Å². The lowest BCUT2D eigenvalue weighted by molar-refractivity contribution is 0.0924. The van der Waals surface area contributed by atoms with Gasteiger partial charge in [-0.3, -0.25) is 4.79 Å². The number of hydrogen-bond acceptors (Lipinski definition) is 5. The van der Waals surface area contributed by atoms with E-state index in [1.807, 2.05) is 37.7 Å². The van der Waals surface area contributed by atoms with E-state index in [2.05, 4.69) is 26.3 Å². The number of rotatable bonds is 5. The quantitative estimate of drug-likeness (QED) is 0.666. The average molecular weight is 459 g/mol. The minimum absolute atomic E-state index is 0.0225. The van der Waals surface area contributed by atoms with Gasteiger partial charge in [-0.15, -0.1) is 0 Å². The van der Waals surface area contributed by atoms with E-state index < -0.39 is 15.6 Å². The van der Waals surface area contributed by atoms with Crippen molar-refractivity contribution in [1.29, 1.82) is 0 Å². The highest BCUT2D eigenvalue weighted by Gasteiger charge is 2.55. The van der Waals surface area contributed by atoms with E-state index >= 15 is 0 Å². The van der Waals surface area contributed by atoms with E-state index in [0.29, 0.717) is 17.3 Å². The summed E-state index contributed by atoms with van der Waals surface area (Å²) < 4.78 is 30.3. The molecule has 172 valence electrons. The zero-order valence-corrected chi connectivity index (χ0v) is 19.7. The highest BCUT2D eigenvalue weighted by molar-refractivity contribution is 7.88. The third kappa shape index (κ3) is 3.59. The van der Waals surface area contributed by atoms with Crippen molar-refractivity contribution >= 4 is 15.9 Å². The Kier molecular flexibility index (Phi) is 4.69. The summed E-state index contributed by atoms with van der Waals surface area (Å²) in [6.45, 7) is 6.10. The Bertz CT molecular complexity index is 1190. The molecular weight excluding hydrogens is 428 g/mol. The van der Waals surface area contributed by atoms with Gasteiger partial charge in [-0.05, 0) is 64.4 Å². The molecule has 0 radical (unpaired) electrons.